The van der Waals surface area contributed by atoms with Crippen molar-refractivity contribution in [1.82, 2.24) is 0 Å². The Labute approximate surface area is 126 Å². The highest BCUT2D eigenvalue weighted by Gasteiger charge is 2.25. The molecule has 1 amide bonds. The number of anilines is 3. The summed E-state index contributed by atoms with van der Waals surface area (Å²) in [6.45, 7) is 6.75. The molecule has 1 aromatic carbocycles. The molecule has 0 unspecified atom stereocenters. The zero-order chi connectivity index (χ0) is 15.0. The number of aryl methyl sites for hydroxylation is 1. The lowest BCUT2D eigenvalue weighted by atomic mass is 9.85. The lowest BCUT2D eigenvalue weighted by Gasteiger charge is -2.28. The van der Waals surface area contributed by atoms with Gasteiger partial charge in [-0.2, -0.15) is 0 Å². The number of rotatable bonds is 1. The van der Waals surface area contributed by atoms with E-state index in [4.69, 9.17) is 5.73 Å². The van der Waals surface area contributed by atoms with Crippen molar-refractivity contribution in [2.24, 2.45) is 5.41 Å². The first-order chi connectivity index (χ1) is 9.94. The maximum Gasteiger partial charge on any atom is 0.224 e. The van der Waals surface area contributed by atoms with Crippen LogP contribution in [-0.4, -0.2) is 19.0 Å². The molecule has 0 bridgehead atoms. The number of nitrogen functional groups attached to an aromatic ring is 1. The van der Waals surface area contributed by atoms with E-state index in [2.05, 4.69) is 30.1 Å². The number of hydrogen-bond donors (Lipinski definition) is 2. The maximum absolute atomic E-state index is 11.6. The number of benzene rings is 1. The molecule has 4 heteroatoms. The zero-order valence-corrected chi connectivity index (χ0v) is 13.0. The van der Waals surface area contributed by atoms with E-state index >= 15 is 0 Å². The highest BCUT2D eigenvalue weighted by Crippen LogP contribution is 2.37. The highest BCUT2D eigenvalue weighted by atomic mass is 16.1. The summed E-state index contributed by atoms with van der Waals surface area (Å²) < 4.78 is 0. The summed E-state index contributed by atoms with van der Waals surface area (Å²) in [6.07, 6.45) is 4.97. The van der Waals surface area contributed by atoms with Crippen molar-refractivity contribution in [3.63, 3.8) is 0 Å². The van der Waals surface area contributed by atoms with Gasteiger partial charge in [0.25, 0.3) is 0 Å². The van der Waals surface area contributed by atoms with E-state index in [1.807, 2.05) is 6.07 Å². The molecular formula is C17H25N3O. The number of nitrogens with zero attached hydrogens (tertiary/aromatic N) is 1. The van der Waals surface area contributed by atoms with Crippen molar-refractivity contribution < 1.29 is 4.79 Å². The molecule has 4 nitrogen and oxygen atoms in total. The Morgan fingerprint density at radius 1 is 1.19 bits per heavy atom. The number of hydrogen-bond acceptors (Lipinski definition) is 3. The van der Waals surface area contributed by atoms with Crippen LogP contribution in [0, 0.1) is 5.41 Å². The van der Waals surface area contributed by atoms with Crippen molar-refractivity contribution >= 4 is 23.0 Å². The largest absolute Gasteiger partial charge is 0.397 e. The first-order valence-electron chi connectivity index (χ1n) is 7.92. The molecule has 0 saturated carbocycles. The number of carbonyl (C=O) groups excluding carboxylic acids is 1. The number of carbonyl (C=O) groups is 1. The van der Waals surface area contributed by atoms with E-state index in [0.29, 0.717) is 11.8 Å². The molecule has 2 aliphatic heterocycles. The molecule has 0 atom stereocenters. The summed E-state index contributed by atoms with van der Waals surface area (Å²) in [7, 11) is 0. The second kappa shape index (κ2) is 5.24. The average Bonchev–Trinajstić information content (AvgIpc) is 2.59. The summed E-state index contributed by atoms with van der Waals surface area (Å²) in [4.78, 5) is 14.0. The highest BCUT2D eigenvalue weighted by molar-refractivity contribution is 5.95. The fraction of sp³-hybridized carbons (Fsp3) is 0.588. The average molecular weight is 287 g/mol. The second-order valence-electron chi connectivity index (χ2n) is 7.12. The summed E-state index contributed by atoms with van der Waals surface area (Å²) in [6, 6.07) is 4.11. The summed E-state index contributed by atoms with van der Waals surface area (Å²) >= 11 is 0. The van der Waals surface area contributed by atoms with Gasteiger partial charge in [-0.3, -0.25) is 4.79 Å². The van der Waals surface area contributed by atoms with E-state index < -0.39 is 0 Å². The van der Waals surface area contributed by atoms with Gasteiger partial charge in [0.05, 0.1) is 11.4 Å². The molecule has 3 rings (SSSR count). The van der Waals surface area contributed by atoms with Crippen molar-refractivity contribution in [2.45, 2.75) is 46.0 Å². The van der Waals surface area contributed by atoms with Crippen molar-refractivity contribution in [2.75, 3.05) is 29.0 Å². The van der Waals surface area contributed by atoms with Gasteiger partial charge in [0.1, 0.15) is 0 Å². The number of fused-ring (bicyclic) bond motifs is 1. The van der Waals surface area contributed by atoms with Crippen molar-refractivity contribution in [3.05, 3.63) is 17.7 Å². The molecule has 114 valence electrons. The van der Waals surface area contributed by atoms with Gasteiger partial charge in [-0.05, 0) is 48.8 Å². The lowest BCUT2D eigenvalue weighted by Crippen LogP contribution is -2.27. The van der Waals surface area contributed by atoms with Crippen LogP contribution in [0.3, 0.4) is 0 Å². The minimum absolute atomic E-state index is 0.107. The van der Waals surface area contributed by atoms with E-state index in [0.717, 1.165) is 42.1 Å². The Kier molecular flexibility index (Phi) is 3.56. The Hall–Kier alpha value is -1.71. The number of amides is 1. The third-order valence-electron chi connectivity index (χ3n) is 4.83. The Bertz CT molecular complexity index is 565. The van der Waals surface area contributed by atoms with Gasteiger partial charge >= 0.3 is 0 Å². The first-order valence-corrected chi connectivity index (χ1v) is 7.92. The van der Waals surface area contributed by atoms with Gasteiger partial charge in [0.2, 0.25) is 5.91 Å². The predicted molar refractivity (Wildman–Crippen MR) is 87.7 cm³/mol. The predicted octanol–water partition coefficient (Wildman–Crippen LogP) is 3.17. The smallest absolute Gasteiger partial charge is 0.224 e. The van der Waals surface area contributed by atoms with Crippen LogP contribution in [0.15, 0.2) is 12.1 Å². The third-order valence-corrected chi connectivity index (χ3v) is 4.83. The van der Waals surface area contributed by atoms with E-state index in [9.17, 15) is 4.79 Å². The molecule has 0 radical (unpaired) electrons. The molecule has 2 aliphatic rings. The lowest BCUT2D eigenvalue weighted by molar-refractivity contribution is -0.116. The molecule has 2 heterocycles. The summed E-state index contributed by atoms with van der Waals surface area (Å²) in [5.74, 6) is 0.107. The van der Waals surface area contributed by atoms with E-state index in [1.54, 1.807) is 0 Å². The molecule has 0 aliphatic carbocycles. The van der Waals surface area contributed by atoms with Crippen LogP contribution in [0.1, 0.15) is 45.1 Å². The van der Waals surface area contributed by atoms with Gasteiger partial charge in [-0.1, -0.05) is 13.8 Å². The van der Waals surface area contributed by atoms with Crippen molar-refractivity contribution in [1.29, 1.82) is 0 Å². The molecule has 1 aromatic rings. The Balaban J connectivity index is 1.88. The van der Waals surface area contributed by atoms with Crippen LogP contribution < -0.4 is 16.0 Å². The third kappa shape index (κ3) is 2.99. The minimum Gasteiger partial charge on any atom is -0.397 e. The summed E-state index contributed by atoms with van der Waals surface area (Å²) in [5.41, 5.74) is 10.7. The fourth-order valence-corrected chi connectivity index (χ4v) is 3.37. The molecule has 1 saturated heterocycles. The Morgan fingerprint density at radius 2 is 2.00 bits per heavy atom. The molecular weight excluding hydrogens is 262 g/mol. The van der Waals surface area contributed by atoms with Crippen LogP contribution in [0.4, 0.5) is 17.1 Å². The maximum atomic E-state index is 11.6. The number of nitrogens with two attached hydrogens (primary N) is 1. The molecule has 0 spiro atoms. The monoisotopic (exact) mass is 287 g/mol. The van der Waals surface area contributed by atoms with Gasteiger partial charge < -0.3 is 16.0 Å². The van der Waals surface area contributed by atoms with Crippen LogP contribution in [-0.2, 0) is 11.2 Å². The minimum atomic E-state index is 0.107. The van der Waals surface area contributed by atoms with Gasteiger partial charge in [0.15, 0.2) is 0 Å². The van der Waals surface area contributed by atoms with E-state index in [1.165, 1.54) is 19.3 Å². The molecule has 21 heavy (non-hydrogen) atoms. The second-order valence-corrected chi connectivity index (χ2v) is 7.12. The molecule has 1 fully saturated rings. The Morgan fingerprint density at radius 3 is 2.81 bits per heavy atom. The normalized spacial score (nSPS) is 21.4. The van der Waals surface area contributed by atoms with Crippen LogP contribution >= 0.6 is 0 Å². The summed E-state index contributed by atoms with van der Waals surface area (Å²) in [5, 5.41) is 2.98. The molecule has 3 N–H and O–H groups in total. The van der Waals surface area contributed by atoms with Gasteiger partial charge in [0, 0.05) is 25.2 Å². The zero-order valence-electron chi connectivity index (χ0n) is 13.0. The first kappa shape index (κ1) is 14.2. The van der Waals surface area contributed by atoms with E-state index in [-0.39, 0.29) is 5.91 Å². The fourth-order valence-electron chi connectivity index (χ4n) is 3.37. The quantitative estimate of drug-likeness (QED) is 0.780. The standard InChI is InChI=1S/C17H25N3O/c1-17(2)6-3-8-20(9-7-17)15-11-14-12(10-13(15)18)4-5-16(21)19-14/h10-11H,3-9,18H2,1-2H3,(H,19,21). The topological polar surface area (TPSA) is 58.4 Å². The van der Waals surface area contributed by atoms with Crippen LogP contribution in [0.25, 0.3) is 0 Å². The van der Waals surface area contributed by atoms with Gasteiger partial charge in [-0.15, -0.1) is 0 Å². The van der Waals surface area contributed by atoms with Crippen molar-refractivity contribution in [3.8, 4) is 0 Å². The number of nitrogens with one attached hydrogen (secondary N) is 1. The van der Waals surface area contributed by atoms with Gasteiger partial charge in [-0.25, -0.2) is 0 Å². The van der Waals surface area contributed by atoms with Crippen LogP contribution in [0.2, 0.25) is 0 Å². The SMILES string of the molecule is CC1(C)CCCN(c2cc3c(cc2N)CCC(=O)N3)CC1. The van der Waals surface area contributed by atoms with Crippen LogP contribution in [0.5, 0.6) is 0 Å². The molecule has 0 aromatic heterocycles.